The maximum absolute atomic E-state index is 6.17. The normalized spacial score (nSPS) is 14.2. The molecule has 1 heterocycles. The Balaban J connectivity index is 2.20. The third-order valence-electron chi connectivity index (χ3n) is 3.30. The summed E-state index contributed by atoms with van der Waals surface area (Å²) in [6.07, 6.45) is 1.81. The van der Waals surface area contributed by atoms with Crippen molar-refractivity contribution in [1.29, 1.82) is 0 Å². The average Bonchev–Trinajstić information content (AvgIpc) is 2.39. The second-order valence-corrected chi connectivity index (χ2v) is 5.53. The Labute approximate surface area is 125 Å². The van der Waals surface area contributed by atoms with Gasteiger partial charge in [-0.15, -0.1) is 0 Å². The SMILES string of the molecule is CC(N)C(c1cccc(Cl)c1)N(C)Cc1ccccn1. The van der Waals surface area contributed by atoms with Crippen LogP contribution in [0.2, 0.25) is 5.02 Å². The van der Waals surface area contributed by atoms with Crippen molar-refractivity contribution >= 4 is 11.6 Å². The number of nitrogens with zero attached hydrogens (tertiary/aromatic N) is 2. The lowest BCUT2D eigenvalue weighted by atomic mass is 9.99. The molecule has 0 aliphatic carbocycles. The molecule has 2 N–H and O–H groups in total. The fraction of sp³-hybridized carbons (Fsp3) is 0.312. The lowest BCUT2D eigenvalue weighted by Crippen LogP contribution is -2.37. The highest BCUT2D eigenvalue weighted by Gasteiger charge is 2.21. The third kappa shape index (κ3) is 3.79. The molecule has 2 aromatic rings. The summed E-state index contributed by atoms with van der Waals surface area (Å²) in [4.78, 5) is 6.57. The minimum atomic E-state index is 0.00202. The van der Waals surface area contributed by atoms with Gasteiger partial charge in [-0.25, -0.2) is 0 Å². The first-order chi connectivity index (χ1) is 9.58. The van der Waals surface area contributed by atoms with Crippen LogP contribution in [0, 0.1) is 0 Å². The standard InChI is InChI=1S/C16H20ClN3/c1-12(18)16(13-6-5-7-14(17)10-13)20(2)11-15-8-3-4-9-19-15/h3-10,12,16H,11,18H2,1-2H3. The van der Waals surface area contributed by atoms with E-state index in [0.717, 1.165) is 22.8 Å². The second kappa shape index (κ2) is 6.84. The molecule has 20 heavy (non-hydrogen) atoms. The highest BCUT2D eigenvalue weighted by molar-refractivity contribution is 6.30. The monoisotopic (exact) mass is 289 g/mol. The van der Waals surface area contributed by atoms with E-state index in [4.69, 9.17) is 17.3 Å². The van der Waals surface area contributed by atoms with Crippen molar-refractivity contribution in [1.82, 2.24) is 9.88 Å². The predicted octanol–water partition coefficient (Wildman–Crippen LogP) is 3.26. The molecule has 4 heteroatoms. The molecule has 0 aliphatic heterocycles. The van der Waals surface area contributed by atoms with Crippen molar-refractivity contribution in [3.63, 3.8) is 0 Å². The van der Waals surface area contributed by atoms with Crippen LogP contribution >= 0.6 is 11.6 Å². The fourth-order valence-electron chi connectivity index (χ4n) is 2.50. The molecule has 0 amide bonds. The molecule has 2 unspecified atom stereocenters. The highest BCUT2D eigenvalue weighted by atomic mass is 35.5. The van der Waals surface area contributed by atoms with Gasteiger partial charge in [0.05, 0.1) is 5.69 Å². The Morgan fingerprint density at radius 2 is 2.05 bits per heavy atom. The minimum Gasteiger partial charge on any atom is -0.326 e. The first kappa shape index (κ1) is 15.0. The lowest BCUT2D eigenvalue weighted by Gasteiger charge is -2.31. The number of pyridine rings is 1. The van der Waals surface area contributed by atoms with E-state index in [9.17, 15) is 0 Å². The first-order valence-corrected chi connectivity index (χ1v) is 7.07. The van der Waals surface area contributed by atoms with Crippen LogP contribution in [-0.4, -0.2) is 23.0 Å². The van der Waals surface area contributed by atoms with Crippen molar-refractivity contribution in [2.75, 3.05) is 7.05 Å². The summed E-state index contributed by atoms with van der Waals surface area (Å²) >= 11 is 6.09. The molecule has 1 aromatic carbocycles. The molecular weight excluding hydrogens is 270 g/mol. The van der Waals surface area contributed by atoms with Gasteiger partial charge >= 0.3 is 0 Å². The number of benzene rings is 1. The van der Waals surface area contributed by atoms with Crippen LogP contribution in [-0.2, 0) is 6.54 Å². The molecule has 0 aliphatic rings. The van der Waals surface area contributed by atoms with Gasteiger partial charge in [0, 0.05) is 29.8 Å². The molecular formula is C16H20ClN3. The molecule has 0 saturated heterocycles. The Bertz CT molecular complexity index is 542. The summed E-state index contributed by atoms with van der Waals surface area (Å²) in [5.41, 5.74) is 8.33. The van der Waals surface area contributed by atoms with Gasteiger partial charge in [-0.2, -0.15) is 0 Å². The zero-order chi connectivity index (χ0) is 14.5. The van der Waals surface area contributed by atoms with E-state index in [1.165, 1.54) is 0 Å². The van der Waals surface area contributed by atoms with E-state index in [-0.39, 0.29) is 12.1 Å². The Hall–Kier alpha value is -1.42. The highest BCUT2D eigenvalue weighted by Crippen LogP contribution is 2.25. The summed E-state index contributed by atoms with van der Waals surface area (Å²) in [5, 5.41) is 0.736. The van der Waals surface area contributed by atoms with Crippen molar-refractivity contribution < 1.29 is 0 Å². The zero-order valence-electron chi connectivity index (χ0n) is 11.8. The molecule has 2 rings (SSSR count). The molecule has 1 aromatic heterocycles. The molecule has 0 fully saturated rings. The predicted molar refractivity (Wildman–Crippen MR) is 83.5 cm³/mol. The molecule has 2 atom stereocenters. The van der Waals surface area contributed by atoms with Gasteiger partial charge in [-0.05, 0) is 43.8 Å². The Morgan fingerprint density at radius 3 is 2.65 bits per heavy atom. The number of aromatic nitrogens is 1. The maximum atomic E-state index is 6.17. The van der Waals surface area contributed by atoms with Crippen molar-refractivity contribution in [3.05, 3.63) is 64.9 Å². The summed E-state index contributed by atoms with van der Waals surface area (Å²) in [6, 6.07) is 13.9. The van der Waals surface area contributed by atoms with E-state index < -0.39 is 0 Å². The summed E-state index contributed by atoms with van der Waals surface area (Å²) in [5.74, 6) is 0. The average molecular weight is 290 g/mol. The van der Waals surface area contributed by atoms with Crippen molar-refractivity contribution in [3.8, 4) is 0 Å². The first-order valence-electron chi connectivity index (χ1n) is 6.69. The molecule has 3 nitrogen and oxygen atoms in total. The summed E-state index contributed by atoms with van der Waals surface area (Å²) in [7, 11) is 2.06. The smallest absolute Gasteiger partial charge is 0.0544 e. The quantitative estimate of drug-likeness (QED) is 0.919. The lowest BCUT2D eigenvalue weighted by molar-refractivity contribution is 0.208. The van der Waals surface area contributed by atoms with Gasteiger partial charge in [0.2, 0.25) is 0 Å². The second-order valence-electron chi connectivity index (χ2n) is 5.10. The van der Waals surface area contributed by atoms with Crippen molar-refractivity contribution in [2.24, 2.45) is 5.73 Å². The van der Waals surface area contributed by atoms with Gasteiger partial charge in [0.15, 0.2) is 0 Å². The van der Waals surface area contributed by atoms with Crippen LogP contribution < -0.4 is 5.73 Å². The fourth-order valence-corrected chi connectivity index (χ4v) is 2.69. The number of likely N-dealkylation sites (N-methyl/N-ethyl adjacent to an activating group) is 1. The third-order valence-corrected chi connectivity index (χ3v) is 3.54. The van der Waals surface area contributed by atoms with Gasteiger partial charge in [-0.1, -0.05) is 29.8 Å². The number of halogens is 1. The van der Waals surface area contributed by atoms with Crippen LogP contribution in [0.5, 0.6) is 0 Å². The molecule has 0 saturated carbocycles. The maximum Gasteiger partial charge on any atom is 0.0544 e. The topological polar surface area (TPSA) is 42.1 Å². The van der Waals surface area contributed by atoms with E-state index in [1.54, 1.807) is 0 Å². The molecule has 0 spiro atoms. The number of rotatable bonds is 5. The van der Waals surface area contributed by atoms with Crippen molar-refractivity contribution in [2.45, 2.75) is 25.6 Å². The van der Waals surface area contributed by atoms with Gasteiger partial charge in [0.25, 0.3) is 0 Å². The zero-order valence-corrected chi connectivity index (χ0v) is 12.6. The van der Waals surface area contributed by atoms with E-state index in [1.807, 2.05) is 49.5 Å². The molecule has 0 bridgehead atoms. The number of hydrogen-bond donors (Lipinski definition) is 1. The molecule has 0 radical (unpaired) electrons. The van der Waals surface area contributed by atoms with Crippen LogP contribution in [0.1, 0.15) is 24.2 Å². The summed E-state index contributed by atoms with van der Waals surface area (Å²) < 4.78 is 0. The van der Waals surface area contributed by atoms with Gasteiger partial charge in [0.1, 0.15) is 0 Å². The Kier molecular flexibility index (Phi) is 5.12. The van der Waals surface area contributed by atoms with E-state index in [0.29, 0.717) is 0 Å². The number of hydrogen-bond acceptors (Lipinski definition) is 3. The largest absolute Gasteiger partial charge is 0.326 e. The van der Waals surface area contributed by atoms with Crippen LogP contribution in [0.15, 0.2) is 48.7 Å². The van der Waals surface area contributed by atoms with Crippen LogP contribution in [0.3, 0.4) is 0 Å². The van der Waals surface area contributed by atoms with Crippen LogP contribution in [0.25, 0.3) is 0 Å². The Morgan fingerprint density at radius 1 is 1.25 bits per heavy atom. The minimum absolute atomic E-state index is 0.00202. The number of nitrogens with two attached hydrogens (primary N) is 1. The molecule has 106 valence electrons. The van der Waals surface area contributed by atoms with Gasteiger partial charge in [-0.3, -0.25) is 9.88 Å². The van der Waals surface area contributed by atoms with Gasteiger partial charge < -0.3 is 5.73 Å². The summed E-state index contributed by atoms with van der Waals surface area (Å²) in [6.45, 7) is 2.76. The van der Waals surface area contributed by atoms with Crippen LogP contribution in [0.4, 0.5) is 0 Å². The van der Waals surface area contributed by atoms with E-state index >= 15 is 0 Å². The van der Waals surface area contributed by atoms with E-state index in [2.05, 4.69) is 23.0 Å².